The van der Waals surface area contributed by atoms with Gasteiger partial charge >= 0.3 is 6.09 Å². The van der Waals surface area contributed by atoms with E-state index in [4.69, 9.17) is 20.3 Å². The van der Waals surface area contributed by atoms with Crippen LogP contribution in [-0.4, -0.2) is 36.6 Å². The molecule has 0 saturated carbocycles. The first-order valence-electron chi connectivity index (χ1n) is 12.7. The fourth-order valence-electron chi connectivity index (χ4n) is 3.85. The maximum atomic E-state index is 12.8. The highest BCUT2D eigenvalue weighted by atomic mass is 32.2. The number of ether oxygens (including phenoxy) is 2. The Balaban J connectivity index is 1.63. The number of allylic oxidation sites excluding steroid dienone is 1. The van der Waals surface area contributed by atoms with Crippen molar-refractivity contribution in [1.82, 2.24) is 0 Å². The minimum Gasteiger partial charge on any atom is -0.491 e. The van der Waals surface area contributed by atoms with Crippen molar-refractivity contribution in [3.05, 3.63) is 90.5 Å². The van der Waals surface area contributed by atoms with E-state index in [0.29, 0.717) is 35.7 Å². The summed E-state index contributed by atoms with van der Waals surface area (Å²) in [5, 5.41) is 14.6. The third-order valence-corrected chi connectivity index (χ3v) is 6.68. The van der Waals surface area contributed by atoms with Gasteiger partial charge in [0.2, 0.25) is 5.91 Å². The van der Waals surface area contributed by atoms with E-state index in [-0.39, 0.29) is 25.0 Å². The molecule has 0 unspecified atom stereocenters. The second-order valence-corrected chi connectivity index (χ2v) is 9.73. The van der Waals surface area contributed by atoms with E-state index in [1.165, 1.54) is 6.08 Å². The Kier molecular flexibility index (Phi) is 11.7. The number of benzene rings is 3. The number of rotatable bonds is 13. The summed E-state index contributed by atoms with van der Waals surface area (Å²) in [6, 6.07) is 21.9. The summed E-state index contributed by atoms with van der Waals surface area (Å²) >= 11 is 1.62. The lowest BCUT2D eigenvalue weighted by Gasteiger charge is -2.25. The molecular formula is C30H35N3O5S. The molecule has 0 aliphatic rings. The van der Waals surface area contributed by atoms with Gasteiger partial charge in [0.25, 0.3) is 0 Å². The first-order chi connectivity index (χ1) is 18.9. The van der Waals surface area contributed by atoms with Crippen molar-refractivity contribution >= 4 is 40.8 Å². The number of hydrogen-bond donors (Lipinski definition) is 4. The Bertz CT molecular complexity index is 1230. The molecule has 3 aromatic carbocycles. The second kappa shape index (κ2) is 15.5. The van der Waals surface area contributed by atoms with E-state index in [1.54, 1.807) is 54.2 Å². The predicted octanol–water partition coefficient (Wildman–Crippen LogP) is 6.26. The molecule has 8 nitrogen and oxygen atoms in total. The van der Waals surface area contributed by atoms with Crippen LogP contribution >= 0.6 is 11.8 Å². The van der Waals surface area contributed by atoms with Crippen LogP contribution in [0.15, 0.2) is 89.8 Å². The van der Waals surface area contributed by atoms with Gasteiger partial charge in [-0.2, -0.15) is 0 Å². The molecule has 5 N–H and O–H groups in total. The van der Waals surface area contributed by atoms with Crippen LogP contribution in [0.2, 0.25) is 0 Å². The molecule has 3 rings (SSSR count). The summed E-state index contributed by atoms with van der Waals surface area (Å²) in [5.41, 5.74) is 8.40. The van der Waals surface area contributed by atoms with Crippen molar-refractivity contribution in [1.29, 1.82) is 0 Å². The molecule has 0 bridgehead atoms. The molecule has 0 heterocycles. The van der Waals surface area contributed by atoms with Gasteiger partial charge in [0.15, 0.2) is 0 Å². The molecule has 2 amide bonds. The highest BCUT2D eigenvalue weighted by molar-refractivity contribution is 7.98. The number of aliphatic hydroxyl groups is 1. The van der Waals surface area contributed by atoms with Crippen molar-refractivity contribution in [2.24, 2.45) is 5.92 Å². The van der Waals surface area contributed by atoms with Crippen LogP contribution in [0.25, 0.3) is 0 Å². The summed E-state index contributed by atoms with van der Waals surface area (Å²) in [4.78, 5) is 26.2. The lowest BCUT2D eigenvalue weighted by molar-refractivity contribution is -0.111. The maximum Gasteiger partial charge on any atom is 0.412 e. The van der Waals surface area contributed by atoms with Crippen molar-refractivity contribution in [3.63, 3.8) is 0 Å². The molecule has 0 aliphatic carbocycles. The molecule has 0 radical (unpaired) electrons. The van der Waals surface area contributed by atoms with Gasteiger partial charge in [-0.3, -0.25) is 10.1 Å². The molecule has 9 heteroatoms. The Hall–Kier alpha value is -3.95. The maximum absolute atomic E-state index is 12.8. The molecule has 39 heavy (non-hydrogen) atoms. The van der Waals surface area contributed by atoms with Gasteiger partial charge < -0.3 is 25.6 Å². The van der Waals surface area contributed by atoms with Gasteiger partial charge in [-0.25, -0.2) is 4.79 Å². The quantitative estimate of drug-likeness (QED) is 0.113. The van der Waals surface area contributed by atoms with Gasteiger partial charge in [-0.1, -0.05) is 37.3 Å². The molecule has 206 valence electrons. The number of nitrogen functional groups attached to an aromatic ring is 1. The minimum atomic E-state index is -0.556. The summed E-state index contributed by atoms with van der Waals surface area (Å²) < 4.78 is 11.4. The average Bonchev–Trinajstić information content (AvgIpc) is 2.95. The van der Waals surface area contributed by atoms with E-state index in [0.717, 1.165) is 10.5 Å². The Morgan fingerprint density at radius 1 is 1.03 bits per heavy atom. The van der Waals surface area contributed by atoms with Gasteiger partial charge in [0, 0.05) is 10.6 Å². The third-order valence-electron chi connectivity index (χ3n) is 5.93. The SMILES string of the molecule is CSc1ccc(NC(=O)O[C@@H](c2ccc(OCCO)cc2)[C@H](C)CC/C=C/C(=O)Nc2ccccc2N)cc1. The van der Waals surface area contributed by atoms with Crippen LogP contribution in [-0.2, 0) is 9.53 Å². The summed E-state index contributed by atoms with van der Waals surface area (Å²) in [6.45, 7) is 2.12. The zero-order valence-electron chi connectivity index (χ0n) is 22.1. The van der Waals surface area contributed by atoms with Crippen LogP contribution < -0.4 is 21.1 Å². The minimum absolute atomic E-state index is 0.0590. The molecule has 3 aromatic rings. The summed E-state index contributed by atoms with van der Waals surface area (Å²) in [5.74, 6) is 0.292. The number of hydrogen-bond acceptors (Lipinski definition) is 7. The van der Waals surface area contributed by atoms with E-state index < -0.39 is 12.2 Å². The van der Waals surface area contributed by atoms with Crippen molar-refractivity contribution in [2.45, 2.75) is 30.8 Å². The fraction of sp³-hybridized carbons (Fsp3) is 0.267. The topological polar surface area (TPSA) is 123 Å². The van der Waals surface area contributed by atoms with Crippen LogP contribution in [0.5, 0.6) is 5.75 Å². The first kappa shape index (κ1) is 29.6. The lowest BCUT2D eigenvalue weighted by Crippen LogP contribution is -2.22. The number of anilines is 3. The largest absolute Gasteiger partial charge is 0.491 e. The monoisotopic (exact) mass is 549 g/mol. The number of nitrogens with two attached hydrogens (primary N) is 1. The Morgan fingerprint density at radius 3 is 2.41 bits per heavy atom. The van der Waals surface area contributed by atoms with E-state index >= 15 is 0 Å². The summed E-state index contributed by atoms with van der Waals surface area (Å²) in [6.07, 6.45) is 5.44. The molecule has 0 spiro atoms. The predicted molar refractivity (Wildman–Crippen MR) is 157 cm³/mol. The number of nitrogens with one attached hydrogen (secondary N) is 2. The van der Waals surface area contributed by atoms with Crippen LogP contribution in [0, 0.1) is 5.92 Å². The molecule has 2 atom stereocenters. The Labute approximate surface area is 233 Å². The second-order valence-electron chi connectivity index (χ2n) is 8.85. The number of carbonyl (C=O) groups excluding carboxylic acids is 2. The van der Waals surface area contributed by atoms with Gasteiger partial charge in [0.05, 0.1) is 18.0 Å². The molecule has 0 aromatic heterocycles. The summed E-state index contributed by atoms with van der Waals surface area (Å²) in [7, 11) is 0. The van der Waals surface area contributed by atoms with Crippen molar-refractivity contribution < 1.29 is 24.2 Å². The van der Waals surface area contributed by atoms with Crippen LogP contribution in [0.3, 0.4) is 0 Å². The van der Waals surface area contributed by atoms with Crippen LogP contribution in [0.4, 0.5) is 21.9 Å². The number of aliphatic hydroxyl groups excluding tert-OH is 1. The zero-order chi connectivity index (χ0) is 28.0. The smallest absolute Gasteiger partial charge is 0.412 e. The number of carbonyl (C=O) groups is 2. The van der Waals surface area contributed by atoms with E-state index in [1.807, 2.05) is 49.6 Å². The number of thioether (sulfide) groups is 1. The third kappa shape index (κ3) is 9.70. The normalized spacial score (nSPS) is 12.5. The number of para-hydroxylation sites is 2. The van der Waals surface area contributed by atoms with Gasteiger partial charge in [-0.15, -0.1) is 11.8 Å². The molecular weight excluding hydrogens is 514 g/mol. The van der Waals surface area contributed by atoms with Gasteiger partial charge in [0.1, 0.15) is 18.5 Å². The standard InChI is InChI=1S/C30H35N3O5S/c1-21(7-3-6-10-28(35)33-27-9-5-4-8-26(27)31)29(22-11-15-24(16-12-22)37-20-19-34)38-30(36)32-23-13-17-25(39-2)18-14-23/h4-6,8-18,21,29,34H,3,7,19-20,31H2,1-2H3,(H,32,36)(H,33,35)/b10-6+/t21-,29-/m1/s1. The van der Waals surface area contributed by atoms with Crippen LogP contribution in [0.1, 0.15) is 31.4 Å². The van der Waals surface area contributed by atoms with E-state index in [2.05, 4.69) is 10.6 Å². The number of amides is 2. The zero-order valence-corrected chi connectivity index (χ0v) is 22.9. The molecule has 0 fully saturated rings. The van der Waals surface area contributed by atoms with E-state index in [9.17, 15) is 9.59 Å². The first-order valence-corrected chi connectivity index (χ1v) is 13.9. The average molecular weight is 550 g/mol. The highest BCUT2D eigenvalue weighted by Gasteiger charge is 2.24. The molecule has 0 saturated heterocycles. The Morgan fingerprint density at radius 2 is 1.74 bits per heavy atom. The lowest BCUT2D eigenvalue weighted by atomic mass is 9.93. The van der Waals surface area contributed by atoms with Gasteiger partial charge in [-0.05, 0) is 85.2 Å². The highest BCUT2D eigenvalue weighted by Crippen LogP contribution is 2.31. The van der Waals surface area contributed by atoms with Crippen molar-refractivity contribution in [2.75, 3.05) is 35.8 Å². The van der Waals surface area contributed by atoms with Crippen molar-refractivity contribution in [3.8, 4) is 5.75 Å². The molecule has 0 aliphatic heterocycles. The fourth-order valence-corrected chi connectivity index (χ4v) is 4.26.